The van der Waals surface area contributed by atoms with Crippen molar-refractivity contribution in [1.29, 1.82) is 0 Å². The molecule has 0 radical (unpaired) electrons. The highest BCUT2D eigenvalue weighted by Crippen LogP contribution is 2.13. The number of rotatable bonds is 17. The van der Waals surface area contributed by atoms with Crippen molar-refractivity contribution >= 4 is 17.8 Å². The number of fused-ring (bicyclic) bond motifs is 1. The van der Waals surface area contributed by atoms with Gasteiger partial charge in [-0.3, -0.25) is 0 Å². The molecule has 2 aromatic rings. The lowest BCUT2D eigenvalue weighted by Crippen LogP contribution is -1.84. The van der Waals surface area contributed by atoms with Crippen molar-refractivity contribution in [2.75, 3.05) is 6.54 Å². The Balaban J connectivity index is 0.000000379. The van der Waals surface area contributed by atoms with Crippen molar-refractivity contribution in [2.45, 2.75) is 110 Å². The van der Waals surface area contributed by atoms with E-state index in [1.165, 1.54) is 103 Å². The average molecular weight is 401 g/mol. The van der Waals surface area contributed by atoms with Crippen LogP contribution in [0.1, 0.15) is 110 Å². The quantitative estimate of drug-likeness (QED) is 0.217. The van der Waals surface area contributed by atoms with Crippen molar-refractivity contribution < 1.29 is 0 Å². The molecule has 4 heteroatoms. The monoisotopic (exact) mass is 400 g/mol. The molecule has 0 amide bonds. The highest BCUT2D eigenvalue weighted by atomic mass is 15.3. The summed E-state index contributed by atoms with van der Waals surface area (Å²) in [6.07, 6.45) is 22.8. The smallest absolute Gasteiger partial charge is 0.112 e. The Labute approximate surface area is 179 Å². The number of benzene rings is 1. The van der Waals surface area contributed by atoms with Gasteiger partial charge in [0.2, 0.25) is 0 Å². The van der Waals surface area contributed by atoms with Gasteiger partial charge < -0.3 is 4.99 Å². The normalized spacial score (nSPS) is 10.7. The molecular weight excluding hydrogens is 356 g/mol. The molecule has 0 spiro atoms. The lowest BCUT2D eigenvalue weighted by molar-refractivity contribution is 0.530. The van der Waals surface area contributed by atoms with Gasteiger partial charge in [0.15, 0.2) is 0 Å². The maximum atomic E-state index is 3.89. The number of para-hydroxylation sites is 2. The lowest BCUT2D eigenvalue weighted by Gasteiger charge is -2.03. The number of aromatic amines is 1. The van der Waals surface area contributed by atoms with E-state index in [1.54, 1.807) is 0 Å². The van der Waals surface area contributed by atoms with Gasteiger partial charge in [-0.2, -0.15) is 15.4 Å². The number of hydrogen-bond acceptors (Lipinski definition) is 3. The van der Waals surface area contributed by atoms with Crippen LogP contribution < -0.4 is 0 Å². The van der Waals surface area contributed by atoms with Crippen LogP contribution in [-0.4, -0.2) is 28.7 Å². The number of nitrogens with one attached hydrogen (secondary N) is 1. The Morgan fingerprint density at radius 2 is 1.03 bits per heavy atom. The van der Waals surface area contributed by atoms with E-state index >= 15 is 0 Å². The van der Waals surface area contributed by atoms with E-state index in [0.29, 0.717) is 0 Å². The fraction of sp³-hybridized carbons (Fsp3) is 0.720. The standard InChI is InChI=1S/C19H39N.C6H5N3/c1-3-4-5-6-7-8-9-10-11-12-13-14-15-16-17-18-19-20-2;1-2-4-6-5(3-1)7-9-8-6/h2-19H2,1H3;1-4H,(H,7,8,9). The van der Waals surface area contributed by atoms with Gasteiger partial charge in [-0.25, -0.2) is 0 Å². The molecule has 0 saturated heterocycles. The summed E-state index contributed by atoms with van der Waals surface area (Å²) in [7, 11) is 0. The fourth-order valence-corrected chi connectivity index (χ4v) is 3.56. The van der Waals surface area contributed by atoms with E-state index in [9.17, 15) is 0 Å². The zero-order valence-electron chi connectivity index (χ0n) is 18.9. The molecule has 0 fully saturated rings. The van der Waals surface area contributed by atoms with Crippen molar-refractivity contribution in [3.05, 3.63) is 24.3 Å². The van der Waals surface area contributed by atoms with Crippen LogP contribution in [0.4, 0.5) is 0 Å². The van der Waals surface area contributed by atoms with Crippen LogP contribution in [0.25, 0.3) is 11.0 Å². The molecule has 0 saturated carbocycles. The minimum atomic E-state index is 0.914. The molecule has 1 N–H and O–H groups in total. The van der Waals surface area contributed by atoms with Crippen LogP contribution in [0, 0.1) is 0 Å². The molecule has 0 atom stereocenters. The summed E-state index contributed by atoms with van der Waals surface area (Å²) in [6, 6.07) is 7.70. The van der Waals surface area contributed by atoms with Crippen LogP contribution in [0.15, 0.2) is 29.3 Å². The van der Waals surface area contributed by atoms with Crippen molar-refractivity contribution in [2.24, 2.45) is 4.99 Å². The Morgan fingerprint density at radius 1 is 0.655 bits per heavy atom. The molecule has 1 aromatic heterocycles. The second kappa shape index (κ2) is 19.6. The summed E-state index contributed by atoms with van der Waals surface area (Å²) >= 11 is 0. The highest BCUT2D eigenvalue weighted by Gasteiger charge is 1.94. The zero-order chi connectivity index (χ0) is 20.8. The molecule has 0 bridgehead atoms. The largest absolute Gasteiger partial charge is 0.301 e. The van der Waals surface area contributed by atoms with Gasteiger partial charge in [0.05, 0.1) is 0 Å². The van der Waals surface area contributed by atoms with Crippen molar-refractivity contribution in [3.63, 3.8) is 0 Å². The van der Waals surface area contributed by atoms with E-state index < -0.39 is 0 Å². The first kappa shape index (κ1) is 25.3. The number of aliphatic imine (C=N–C) groups is 1. The first-order valence-electron chi connectivity index (χ1n) is 12.1. The van der Waals surface area contributed by atoms with Gasteiger partial charge in [-0.1, -0.05) is 115 Å². The molecule has 29 heavy (non-hydrogen) atoms. The second-order valence-corrected chi connectivity index (χ2v) is 8.06. The number of H-pyrrole nitrogens is 1. The van der Waals surface area contributed by atoms with Gasteiger partial charge in [-0.05, 0) is 25.3 Å². The summed E-state index contributed by atoms with van der Waals surface area (Å²) in [5.41, 5.74) is 1.83. The van der Waals surface area contributed by atoms with Gasteiger partial charge >= 0.3 is 0 Å². The molecule has 0 aliphatic rings. The molecule has 1 aromatic carbocycles. The van der Waals surface area contributed by atoms with E-state index in [4.69, 9.17) is 0 Å². The maximum absolute atomic E-state index is 3.89. The van der Waals surface area contributed by atoms with Crippen LogP contribution in [0.3, 0.4) is 0 Å². The van der Waals surface area contributed by atoms with Crippen molar-refractivity contribution in [3.8, 4) is 0 Å². The van der Waals surface area contributed by atoms with Crippen molar-refractivity contribution in [1.82, 2.24) is 15.4 Å². The Morgan fingerprint density at radius 3 is 1.41 bits per heavy atom. The highest BCUT2D eigenvalue weighted by molar-refractivity contribution is 5.72. The minimum absolute atomic E-state index is 0.914. The third kappa shape index (κ3) is 14.9. The van der Waals surface area contributed by atoms with Crippen LogP contribution in [0.2, 0.25) is 0 Å². The lowest BCUT2D eigenvalue weighted by atomic mass is 10.0. The summed E-state index contributed by atoms with van der Waals surface area (Å²) < 4.78 is 0. The van der Waals surface area contributed by atoms with Gasteiger partial charge in [0.1, 0.15) is 11.0 Å². The van der Waals surface area contributed by atoms with Crippen LogP contribution in [0.5, 0.6) is 0 Å². The molecule has 1 heterocycles. The summed E-state index contributed by atoms with van der Waals surface area (Å²) in [4.78, 5) is 3.89. The van der Waals surface area contributed by atoms with E-state index in [2.05, 4.69) is 34.0 Å². The predicted octanol–water partition coefficient (Wildman–Crippen LogP) is 7.91. The predicted molar refractivity (Wildman–Crippen MR) is 128 cm³/mol. The topological polar surface area (TPSA) is 53.9 Å². The molecule has 164 valence electrons. The summed E-state index contributed by atoms with van der Waals surface area (Å²) in [5.74, 6) is 0. The van der Waals surface area contributed by atoms with Gasteiger partial charge in [0, 0.05) is 6.54 Å². The molecule has 2 rings (SSSR count). The van der Waals surface area contributed by atoms with E-state index in [0.717, 1.165) is 17.6 Å². The average Bonchev–Trinajstić information content (AvgIpc) is 3.23. The Bertz CT molecular complexity index is 563. The first-order valence-corrected chi connectivity index (χ1v) is 12.1. The van der Waals surface area contributed by atoms with E-state index in [-0.39, 0.29) is 0 Å². The molecule has 0 unspecified atom stereocenters. The van der Waals surface area contributed by atoms with E-state index in [1.807, 2.05) is 24.3 Å². The van der Waals surface area contributed by atoms with Crippen LogP contribution >= 0.6 is 0 Å². The fourth-order valence-electron chi connectivity index (χ4n) is 3.56. The zero-order valence-corrected chi connectivity index (χ0v) is 18.9. The number of nitrogens with zero attached hydrogens (tertiary/aromatic N) is 3. The number of unbranched alkanes of at least 4 members (excludes halogenated alkanes) is 15. The number of aromatic nitrogens is 3. The molecule has 0 aliphatic heterocycles. The molecular formula is C25H44N4. The van der Waals surface area contributed by atoms with Gasteiger partial charge in [-0.15, -0.1) is 0 Å². The third-order valence-electron chi connectivity index (χ3n) is 5.39. The Hall–Kier alpha value is -1.71. The maximum Gasteiger partial charge on any atom is 0.112 e. The number of hydrogen-bond donors (Lipinski definition) is 1. The SMILES string of the molecule is C=NCCCCCCCCCCCCCCCCCC.c1ccc2n[nH]nc2c1. The first-order chi connectivity index (χ1) is 14.4. The minimum Gasteiger partial charge on any atom is -0.301 e. The molecule has 0 aliphatic carbocycles. The third-order valence-corrected chi connectivity index (χ3v) is 5.39. The summed E-state index contributed by atoms with van der Waals surface area (Å²) in [5, 5.41) is 10.3. The second-order valence-electron chi connectivity index (χ2n) is 8.06. The summed E-state index contributed by atoms with van der Waals surface area (Å²) in [6.45, 7) is 6.76. The van der Waals surface area contributed by atoms with Gasteiger partial charge in [0.25, 0.3) is 0 Å². The molecule has 4 nitrogen and oxygen atoms in total. The van der Waals surface area contributed by atoms with Crippen LogP contribution in [-0.2, 0) is 0 Å². The Kier molecular flexibility index (Phi) is 17.1.